The third-order valence-corrected chi connectivity index (χ3v) is 5.52. The molecule has 0 saturated carbocycles. The molecular weight excluding hydrogens is 388 g/mol. The highest BCUT2D eigenvalue weighted by Crippen LogP contribution is 2.18. The number of benzene rings is 2. The molecule has 0 aliphatic rings. The molecule has 0 bridgehead atoms. The highest BCUT2D eigenvalue weighted by atomic mass is 35.5. The minimum absolute atomic E-state index is 0.0401. The van der Waals surface area contributed by atoms with Gasteiger partial charge in [0.05, 0.1) is 24.1 Å². The quantitative estimate of drug-likeness (QED) is 0.629. The molecule has 0 radical (unpaired) electrons. The van der Waals surface area contributed by atoms with E-state index >= 15 is 0 Å². The number of rotatable bonds is 7. The maximum absolute atomic E-state index is 12.4. The Labute approximate surface area is 162 Å². The standard InChI is InChI=1S/C19H17ClN2O4S/c20-18-9-2-1-5-14(18)11-19(23)22-15-6-3-8-17(12-15)27(24,25)21-13-16-7-4-10-26-16/h1-10,12,21H,11,13H2,(H,22,23). The molecule has 27 heavy (non-hydrogen) atoms. The van der Waals surface area contributed by atoms with Gasteiger partial charge >= 0.3 is 0 Å². The number of halogens is 1. The van der Waals surface area contributed by atoms with Crippen LogP contribution in [0.25, 0.3) is 0 Å². The summed E-state index contributed by atoms with van der Waals surface area (Å²) >= 11 is 6.06. The van der Waals surface area contributed by atoms with Gasteiger partial charge in [0, 0.05) is 10.7 Å². The van der Waals surface area contributed by atoms with E-state index in [4.69, 9.17) is 16.0 Å². The predicted octanol–water partition coefficient (Wildman–Crippen LogP) is 3.59. The number of nitrogens with one attached hydrogen (secondary N) is 2. The van der Waals surface area contributed by atoms with Crippen molar-refractivity contribution in [3.63, 3.8) is 0 Å². The van der Waals surface area contributed by atoms with Gasteiger partial charge in [0.1, 0.15) is 5.76 Å². The zero-order chi connectivity index (χ0) is 19.3. The van der Waals surface area contributed by atoms with Gasteiger partial charge in [-0.15, -0.1) is 0 Å². The summed E-state index contributed by atoms with van der Waals surface area (Å²) in [5.74, 6) is 0.212. The van der Waals surface area contributed by atoms with E-state index < -0.39 is 10.0 Å². The molecule has 140 valence electrons. The molecule has 2 aromatic carbocycles. The number of hydrogen-bond donors (Lipinski definition) is 2. The lowest BCUT2D eigenvalue weighted by Gasteiger charge is -2.09. The normalized spacial score (nSPS) is 11.3. The molecule has 0 atom stereocenters. The fraction of sp³-hybridized carbons (Fsp3) is 0.105. The van der Waals surface area contributed by atoms with E-state index in [1.54, 1.807) is 48.5 Å². The van der Waals surface area contributed by atoms with Gasteiger partial charge in [0.25, 0.3) is 0 Å². The summed E-state index contributed by atoms with van der Waals surface area (Å²) in [6, 6.07) is 16.4. The van der Waals surface area contributed by atoms with Crippen molar-refractivity contribution < 1.29 is 17.6 Å². The van der Waals surface area contributed by atoms with Crippen LogP contribution in [0.5, 0.6) is 0 Å². The average Bonchev–Trinajstić information content (AvgIpc) is 3.16. The SMILES string of the molecule is O=C(Cc1ccccc1Cl)Nc1cccc(S(=O)(=O)NCc2ccco2)c1. The van der Waals surface area contributed by atoms with Crippen molar-refractivity contribution in [2.75, 3.05) is 5.32 Å². The summed E-state index contributed by atoms with van der Waals surface area (Å²) in [4.78, 5) is 12.3. The van der Waals surface area contributed by atoms with Crippen molar-refractivity contribution in [2.45, 2.75) is 17.9 Å². The van der Waals surface area contributed by atoms with E-state index in [0.717, 1.165) is 0 Å². The Balaban J connectivity index is 1.67. The number of carbonyl (C=O) groups excluding carboxylic acids is 1. The Morgan fingerprint density at radius 2 is 1.85 bits per heavy atom. The molecular formula is C19H17ClN2O4S. The molecule has 0 unspecified atom stereocenters. The van der Waals surface area contributed by atoms with Gasteiger partial charge in [-0.3, -0.25) is 4.79 Å². The van der Waals surface area contributed by atoms with Gasteiger partial charge < -0.3 is 9.73 Å². The lowest BCUT2D eigenvalue weighted by Crippen LogP contribution is -2.23. The zero-order valence-electron chi connectivity index (χ0n) is 14.2. The number of carbonyl (C=O) groups is 1. The third kappa shape index (κ3) is 5.19. The highest BCUT2D eigenvalue weighted by molar-refractivity contribution is 7.89. The van der Waals surface area contributed by atoms with Crippen LogP contribution in [0.2, 0.25) is 5.02 Å². The maximum atomic E-state index is 12.4. The lowest BCUT2D eigenvalue weighted by atomic mass is 10.1. The monoisotopic (exact) mass is 404 g/mol. The van der Waals surface area contributed by atoms with Crippen LogP contribution in [0.4, 0.5) is 5.69 Å². The van der Waals surface area contributed by atoms with Crippen molar-refractivity contribution >= 4 is 33.2 Å². The van der Waals surface area contributed by atoms with Crippen LogP contribution in [-0.4, -0.2) is 14.3 Å². The lowest BCUT2D eigenvalue weighted by molar-refractivity contribution is -0.115. The Morgan fingerprint density at radius 1 is 1.04 bits per heavy atom. The molecule has 3 aromatic rings. The van der Waals surface area contributed by atoms with Gasteiger partial charge in [-0.05, 0) is 42.0 Å². The first kappa shape index (κ1) is 19.2. The Hall–Kier alpha value is -2.61. The van der Waals surface area contributed by atoms with Crippen molar-refractivity contribution in [1.29, 1.82) is 0 Å². The van der Waals surface area contributed by atoms with E-state index in [2.05, 4.69) is 10.0 Å². The first-order valence-electron chi connectivity index (χ1n) is 8.09. The summed E-state index contributed by atoms with van der Waals surface area (Å²) in [7, 11) is -3.74. The Morgan fingerprint density at radius 3 is 2.59 bits per heavy atom. The largest absolute Gasteiger partial charge is 0.468 e. The topological polar surface area (TPSA) is 88.4 Å². The van der Waals surface area contributed by atoms with Crippen LogP contribution in [0.3, 0.4) is 0 Å². The van der Waals surface area contributed by atoms with Crippen LogP contribution in [0.15, 0.2) is 76.2 Å². The summed E-state index contributed by atoms with van der Waals surface area (Å²) in [6.45, 7) is 0.0401. The van der Waals surface area contributed by atoms with Crippen LogP contribution in [0, 0.1) is 0 Å². The van der Waals surface area contributed by atoms with Crippen molar-refractivity contribution in [1.82, 2.24) is 4.72 Å². The molecule has 0 aliphatic carbocycles. The first-order valence-corrected chi connectivity index (χ1v) is 9.95. The summed E-state index contributed by atoms with van der Waals surface area (Å²) in [5, 5.41) is 3.20. The van der Waals surface area contributed by atoms with E-state index in [1.165, 1.54) is 18.4 Å². The second kappa shape index (κ2) is 8.39. The number of anilines is 1. The molecule has 6 nitrogen and oxygen atoms in total. The van der Waals surface area contributed by atoms with Gasteiger partial charge in [0.15, 0.2) is 0 Å². The zero-order valence-corrected chi connectivity index (χ0v) is 15.8. The van der Waals surface area contributed by atoms with Crippen molar-refractivity contribution in [3.8, 4) is 0 Å². The van der Waals surface area contributed by atoms with Gasteiger partial charge in [0.2, 0.25) is 15.9 Å². The molecule has 0 saturated heterocycles. The number of hydrogen-bond acceptors (Lipinski definition) is 4. The van der Waals surface area contributed by atoms with Gasteiger partial charge in [-0.2, -0.15) is 0 Å². The smallest absolute Gasteiger partial charge is 0.241 e. The van der Waals surface area contributed by atoms with E-state index in [9.17, 15) is 13.2 Å². The van der Waals surface area contributed by atoms with Crippen LogP contribution in [-0.2, 0) is 27.8 Å². The van der Waals surface area contributed by atoms with E-state index in [1.807, 2.05) is 0 Å². The molecule has 0 aliphatic heterocycles. The number of furan rings is 1. The van der Waals surface area contributed by atoms with Gasteiger partial charge in [-0.1, -0.05) is 35.9 Å². The molecule has 2 N–H and O–H groups in total. The molecule has 8 heteroatoms. The average molecular weight is 405 g/mol. The van der Waals surface area contributed by atoms with Crippen molar-refractivity contribution in [3.05, 3.63) is 83.3 Å². The molecule has 0 spiro atoms. The number of sulfonamides is 1. The van der Waals surface area contributed by atoms with Crippen LogP contribution >= 0.6 is 11.6 Å². The first-order chi connectivity index (χ1) is 12.9. The van der Waals surface area contributed by atoms with E-state index in [0.29, 0.717) is 22.0 Å². The molecule has 1 heterocycles. The second-order valence-electron chi connectivity index (χ2n) is 5.75. The van der Waals surface area contributed by atoms with E-state index in [-0.39, 0.29) is 23.8 Å². The van der Waals surface area contributed by atoms with Crippen LogP contribution < -0.4 is 10.0 Å². The fourth-order valence-corrected chi connectivity index (χ4v) is 3.66. The van der Waals surface area contributed by atoms with Gasteiger partial charge in [-0.25, -0.2) is 13.1 Å². The Kier molecular flexibility index (Phi) is 5.95. The third-order valence-electron chi connectivity index (χ3n) is 3.75. The Bertz CT molecular complexity index is 1030. The molecule has 0 fully saturated rings. The molecule has 1 aromatic heterocycles. The maximum Gasteiger partial charge on any atom is 0.241 e. The summed E-state index contributed by atoms with van der Waals surface area (Å²) in [5.41, 5.74) is 1.08. The molecule has 1 amide bonds. The highest BCUT2D eigenvalue weighted by Gasteiger charge is 2.15. The minimum atomic E-state index is -3.74. The minimum Gasteiger partial charge on any atom is -0.468 e. The molecule has 3 rings (SSSR count). The van der Waals surface area contributed by atoms with Crippen LogP contribution in [0.1, 0.15) is 11.3 Å². The number of amides is 1. The second-order valence-corrected chi connectivity index (χ2v) is 7.92. The summed E-state index contributed by atoms with van der Waals surface area (Å²) < 4.78 is 32.4. The van der Waals surface area contributed by atoms with Crippen molar-refractivity contribution in [2.24, 2.45) is 0 Å². The predicted molar refractivity (Wildman–Crippen MR) is 103 cm³/mol. The fourth-order valence-electron chi connectivity index (χ4n) is 2.42. The summed E-state index contributed by atoms with van der Waals surface area (Å²) in [6.07, 6.45) is 1.56.